The summed E-state index contributed by atoms with van der Waals surface area (Å²) in [4.78, 5) is 21.3. The minimum absolute atomic E-state index is 0.318. The summed E-state index contributed by atoms with van der Waals surface area (Å²) in [6.45, 7) is -1.39. The number of nitrogens with one attached hydrogen (secondary N) is 1. The van der Waals surface area contributed by atoms with Crippen LogP contribution < -0.4 is 4.72 Å². The van der Waals surface area contributed by atoms with Crippen molar-refractivity contribution in [2.45, 2.75) is 21.9 Å². The fourth-order valence-electron chi connectivity index (χ4n) is 3.72. The van der Waals surface area contributed by atoms with E-state index < -0.39 is 98.9 Å². The number of sulfone groups is 1. The molecular formula is C20H20Cl2N2O11S3. The van der Waals surface area contributed by atoms with Crippen LogP contribution in [0.5, 0.6) is 0 Å². The zero-order valence-electron chi connectivity index (χ0n) is 19.0. The van der Waals surface area contributed by atoms with Gasteiger partial charge in [0, 0.05) is 13.1 Å². The molecular weight excluding hydrogens is 611 g/mol. The fourth-order valence-corrected chi connectivity index (χ4v) is 9.32. The summed E-state index contributed by atoms with van der Waals surface area (Å²) in [6, 6.07) is 4.20. The van der Waals surface area contributed by atoms with E-state index in [2.05, 4.69) is 4.72 Å². The van der Waals surface area contributed by atoms with Crippen molar-refractivity contribution in [2.75, 3.05) is 24.6 Å². The Kier molecular flexibility index (Phi) is 8.79. The van der Waals surface area contributed by atoms with Gasteiger partial charge in [0.1, 0.15) is 9.79 Å². The molecule has 0 saturated carbocycles. The highest BCUT2D eigenvalue weighted by Gasteiger charge is 2.45. The van der Waals surface area contributed by atoms with Gasteiger partial charge in [-0.05, 0) is 36.4 Å². The third kappa shape index (κ3) is 6.45. The Morgan fingerprint density at radius 3 is 1.89 bits per heavy atom. The van der Waals surface area contributed by atoms with Gasteiger partial charge >= 0.3 is 11.9 Å². The minimum atomic E-state index is -4.79. The molecule has 0 aromatic heterocycles. The summed E-state index contributed by atoms with van der Waals surface area (Å²) in [5.41, 5.74) is -0.826. The number of rotatable bonds is 10. The van der Waals surface area contributed by atoms with Gasteiger partial charge in [-0.15, -0.1) is 0 Å². The number of carboxylic acids is 2. The molecule has 1 saturated heterocycles. The Morgan fingerprint density at radius 2 is 1.42 bits per heavy atom. The lowest BCUT2D eigenvalue weighted by Gasteiger charge is -2.29. The Hall–Kier alpha value is -2.31. The van der Waals surface area contributed by atoms with Crippen molar-refractivity contribution in [2.24, 2.45) is 0 Å². The van der Waals surface area contributed by atoms with Gasteiger partial charge < -0.3 is 15.3 Å². The van der Waals surface area contributed by atoms with Crippen molar-refractivity contribution in [1.29, 1.82) is 0 Å². The molecule has 3 rings (SSSR count). The highest BCUT2D eigenvalue weighted by atomic mass is 35.5. The third-order valence-electron chi connectivity index (χ3n) is 5.52. The molecule has 13 nitrogen and oxygen atoms in total. The molecule has 1 fully saturated rings. The molecule has 0 radical (unpaired) electrons. The maximum atomic E-state index is 13.5. The number of nitrogens with zero attached hydrogens (tertiary/aromatic N) is 1. The molecule has 38 heavy (non-hydrogen) atoms. The Balaban J connectivity index is 1.98. The van der Waals surface area contributed by atoms with Crippen LogP contribution in [0, 0.1) is 0 Å². The first-order valence-corrected chi connectivity index (χ1v) is 15.9. The molecule has 0 bridgehead atoms. The van der Waals surface area contributed by atoms with Gasteiger partial charge in [-0.25, -0.2) is 39.6 Å². The molecule has 1 aliphatic heterocycles. The molecule has 0 spiro atoms. The number of carboxylic acid groups (broad SMARTS) is 2. The first-order chi connectivity index (χ1) is 17.5. The minimum Gasteiger partial charge on any atom is -0.478 e. The van der Waals surface area contributed by atoms with Crippen LogP contribution in [0.2, 0.25) is 10.0 Å². The lowest BCUT2D eigenvalue weighted by molar-refractivity contribution is 0.0685. The van der Waals surface area contributed by atoms with Crippen molar-refractivity contribution in [1.82, 2.24) is 9.03 Å². The van der Waals surface area contributed by atoms with Gasteiger partial charge in [0.25, 0.3) is 0 Å². The van der Waals surface area contributed by atoms with Crippen molar-refractivity contribution in [3.63, 3.8) is 0 Å². The molecule has 4 N–H and O–H groups in total. The average Bonchev–Trinajstić information content (AvgIpc) is 3.07. The SMILES string of the molecule is O=C(O)c1ccc(Cl)c(S(=O)(=O)NCCN([C@@H]2CS(=O)(=O)C[C@@H]2O)S(=O)(=O)c2cc(C(=O)O)ccc2Cl)c1. The number of carbonyl (C=O) groups is 2. The predicted octanol–water partition coefficient (Wildman–Crippen LogP) is 0.517. The van der Waals surface area contributed by atoms with E-state index in [1.54, 1.807) is 0 Å². The average molecular weight is 631 g/mol. The zero-order chi connectivity index (χ0) is 28.6. The number of hydrogen-bond donors (Lipinski definition) is 4. The molecule has 0 unspecified atom stereocenters. The molecule has 1 heterocycles. The number of aliphatic hydroxyl groups excluding tert-OH is 1. The van der Waals surface area contributed by atoms with Crippen LogP contribution in [0.4, 0.5) is 0 Å². The molecule has 0 amide bonds. The monoisotopic (exact) mass is 630 g/mol. The van der Waals surface area contributed by atoms with Crippen LogP contribution in [0.25, 0.3) is 0 Å². The largest absolute Gasteiger partial charge is 0.478 e. The molecule has 2 aromatic carbocycles. The maximum absolute atomic E-state index is 13.5. The van der Waals surface area contributed by atoms with E-state index >= 15 is 0 Å². The number of sulfonamides is 2. The van der Waals surface area contributed by atoms with E-state index in [0.29, 0.717) is 4.31 Å². The van der Waals surface area contributed by atoms with Gasteiger partial charge in [-0.3, -0.25) is 0 Å². The third-order valence-corrected chi connectivity index (χ3v) is 11.6. The van der Waals surface area contributed by atoms with E-state index in [4.69, 9.17) is 28.3 Å². The number of aromatic carboxylic acids is 2. The number of aliphatic hydroxyl groups is 1. The number of halogens is 2. The Bertz CT molecular complexity index is 1610. The summed E-state index contributed by atoms with van der Waals surface area (Å²) in [5, 5.41) is 28.0. The molecule has 1 aliphatic rings. The van der Waals surface area contributed by atoms with E-state index in [1.165, 1.54) is 0 Å². The van der Waals surface area contributed by atoms with Gasteiger partial charge in [0.05, 0.1) is 44.8 Å². The normalized spacial score (nSPS) is 19.5. The lowest BCUT2D eigenvalue weighted by atomic mass is 10.2. The number of hydrogen-bond acceptors (Lipinski definition) is 9. The van der Waals surface area contributed by atoms with Gasteiger partial charge in [-0.1, -0.05) is 23.2 Å². The van der Waals surface area contributed by atoms with Crippen molar-refractivity contribution < 1.29 is 50.2 Å². The maximum Gasteiger partial charge on any atom is 0.335 e. The molecule has 18 heteroatoms. The predicted molar refractivity (Wildman–Crippen MR) is 134 cm³/mol. The van der Waals surface area contributed by atoms with E-state index in [9.17, 15) is 45.1 Å². The van der Waals surface area contributed by atoms with Crippen LogP contribution in [0.1, 0.15) is 20.7 Å². The number of benzene rings is 2. The van der Waals surface area contributed by atoms with E-state index in [1.807, 2.05) is 0 Å². The van der Waals surface area contributed by atoms with Gasteiger partial charge in [0.15, 0.2) is 9.84 Å². The van der Waals surface area contributed by atoms with Crippen LogP contribution in [0.3, 0.4) is 0 Å². The fraction of sp³-hybridized carbons (Fsp3) is 0.300. The van der Waals surface area contributed by atoms with E-state index in [-0.39, 0.29) is 10.6 Å². The Labute approximate surface area is 227 Å². The summed E-state index contributed by atoms with van der Waals surface area (Å²) >= 11 is 11.9. The van der Waals surface area contributed by atoms with E-state index in [0.717, 1.165) is 36.4 Å². The molecule has 2 aromatic rings. The van der Waals surface area contributed by atoms with Crippen LogP contribution >= 0.6 is 23.2 Å². The van der Waals surface area contributed by atoms with Crippen LogP contribution in [-0.2, 0) is 29.9 Å². The summed E-state index contributed by atoms with van der Waals surface area (Å²) < 4.78 is 79.5. The molecule has 0 aliphatic carbocycles. The summed E-state index contributed by atoms with van der Waals surface area (Å²) in [5.74, 6) is -4.44. The topological polar surface area (TPSA) is 213 Å². The molecule has 208 valence electrons. The molecule has 2 atom stereocenters. The second-order valence-electron chi connectivity index (χ2n) is 8.13. The summed E-state index contributed by atoms with van der Waals surface area (Å²) in [7, 11) is -13.2. The quantitative estimate of drug-likeness (QED) is 0.284. The first kappa shape index (κ1) is 30.2. The van der Waals surface area contributed by atoms with Crippen molar-refractivity contribution >= 4 is 65.0 Å². The zero-order valence-corrected chi connectivity index (χ0v) is 22.9. The van der Waals surface area contributed by atoms with Crippen molar-refractivity contribution in [3.8, 4) is 0 Å². The van der Waals surface area contributed by atoms with Gasteiger partial charge in [0.2, 0.25) is 20.0 Å². The van der Waals surface area contributed by atoms with Crippen molar-refractivity contribution in [3.05, 3.63) is 57.6 Å². The highest BCUT2D eigenvalue weighted by Crippen LogP contribution is 2.30. The highest BCUT2D eigenvalue weighted by molar-refractivity contribution is 7.92. The summed E-state index contributed by atoms with van der Waals surface area (Å²) in [6.07, 6.45) is -1.67. The van der Waals surface area contributed by atoms with Gasteiger partial charge in [-0.2, -0.15) is 4.31 Å². The lowest BCUT2D eigenvalue weighted by Crippen LogP contribution is -2.49. The van der Waals surface area contributed by atoms with Crippen LogP contribution in [0.15, 0.2) is 46.2 Å². The first-order valence-electron chi connectivity index (χ1n) is 10.4. The van der Waals surface area contributed by atoms with Crippen LogP contribution in [-0.4, -0.2) is 93.6 Å². The second kappa shape index (κ2) is 11.1. The Morgan fingerprint density at radius 1 is 0.921 bits per heavy atom. The second-order valence-corrected chi connectivity index (χ2v) is 14.7. The smallest absolute Gasteiger partial charge is 0.335 e. The standard InChI is InChI=1S/C20H20Cl2N2O11S3/c21-13-3-1-11(19(26)27)7-17(13)37(32,33)23-5-6-24(15-9-36(30,31)10-16(15)25)38(34,35)18-8-12(20(28)29)2-4-14(18)22/h1-4,7-8,15-16,23,25H,5-6,9-10H2,(H,26,27)(H,28,29)/t15-,16+/m1/s1.